The quantitative estimate of drug-likeness (QED) is 0.560. The zero-order valence-corrected chi connectivity index (χ0v) is 13.8. The monoisotopic (exact) mass is 300 g/mol. The Kier molecular flexibility index (Phi) is 5.45. The van der Waals surface area contributed by atoms with Crippen LogP contribution in [0.2, 0.25) is 0 Å². The van der Waals surface area contributed by atoms with Gasteiger partial charge >= 0.3 is 0 Å². The van der Waals surface area contributed by atoms with E-state index in [1.165, 1.54) is 11.1 Å². The summed E-state index contributed by atoms with van der Waals surface area (Å²) in [4.78, 5) is 0. The van der Waals surface area contributed by atoms with Crippen LogP contribution >= 0.6 is 0 Å². The molecule has 0 aliphatic rings. The van der Waals surface area contributed by atoms with Crippen molar-refractivity contribution in [2.24, 2.45) is 0 Å². The first-order valence-corrected chi connectivity index (χ1v) is 7.53. The zero-order chi connectivity index (χ0) is 16.0. The molecular formula is C19H24O3. The van der Waals surface area contributed by atoms with Crippen molar-refractivity contribution in [1.29, 1.82) is 0 Å². The molecule has 0 aliphatic carbocycles. The molecule has 0 N–H and O–H groups in total. The van der Waals surface area contributed by atoms with Crippen LogP contribution < -0.4 is 9.47 Å². The molecule has 0 heterocycles. The molecule has 0 saturated carbocycles. The lowest BCUT2D eigenvalue weighted by Gasteiger charge is -2.26. The molecule has 0 amide bonds. The van der Waals surface area contributed by atoms with E-state index in [9.17, 15) is 0 Å². The molecule has 0 aliphatic heterocycles. The Hall–Kier alpha value is -2.00. The third-order valence-corrected chi connectivity index (χ3v) is 3.90. The molecule has 3 nitrogen and oxygen atoms in total. The van der Waals surface area contributed by atoms with E-state index >= 15 is 0 Å². The average Bonchev–Trinajstić information content (AvgIpc) is 2.55. The fourth-order valence-electron chi connectivity index (χ4n) is 2.34. The second-order valence-electron chi connectivity index (χ2n) is 5.63. The van der Waals surface area contributed by atoms with Crippen molar-refractivity contribution in [3.63, 3.8) is 0 Å². The smallest absolute Gasteiger partial charge is 0.189 e. The topological polar surface area (TPSA) is 27.7 Å². The Bertz CT molecular complexity index is 571. The largest absolute Gasteiger partial charge is 0.497 e. The van der Waals surface area contributed by atoms with Crippen molar-refractivity contribution in [1.82, 2.24) is 0 Å². The zero-order valence-electron chi connectivity index (χ0n) is 13.8. The van der Waals surface area contributed by atoms with Gasteiger partial charge in [-0.05, 0) is 42.3 Å². The molecule has 3 heteroatoms. The number of benzene rings is 2. The highest BCUT2D eigenvalue weighted by atomic mass is 16.7. The molecule has 0 spiro atoms. The minimum Gasteiger partial charge on any atom is -0.497 e. The van der Waals surface area contributed by atoms with E-state index in [4.69, 9.17) is 14.2 Å². The molecule has 0 bridgehead atoms. The summed E-state index contributed by atoms with van der Waals surface area (Å²) in [6.07, 6.45) is 0. The van der Waals surface area contributed by atoms with E-state index in [-0.39, 0.29) is 12.2 Å². The Morgan fingerprint density at radius 1 is 0.818 bits per heavy atom. The highest BCUT2D eigenvalue weighted by molar-refractivity contribution is 5.41. The van der Waals surface area contributed by atoms with Crippen LogP contribution in [0.5, 0.6) is 11.5 Å². The normalized spacial score (nSPS) is 11.3. The summed E-state index contributed by atoms with van der Waals surface area (Å²) in [5.41, 5.74) is 2.41. The average molecular weight is 300 g/mol. The summed E-state index contributed by atoms with van der Waals surface area (Å²) in [5.74, 6) is 1.70. The van der Waals surface area contributed by atoms with E-state index in [2.05, 4.69) is 38.1 Å². The summed E-state index contributed by atoms with van der Waals surface area (Å²) < 4.78 is 15.9. The van der Waals surface area contributed by atoms with Crippen molar-refractivity contribution in [3.05, 3.63) is 59.7 Å². The minimum absolute atomic E-state index is 0.0787. The molecule has 0 unspecified atom stereocenters. The van der Waals surface area contributed by atoms with Crippen LogP contribution in [0.1, 0.15) is 31.9 Å². The highest BCUT2D eigenvalue weighted by Gasteiger charge is 2.23. The summed E-state index contributed by atoms with van der Waals surface area (Å²) in [7, 11) is 1.68. The van der Waals surface area contributed by atoms with Gasteiger partial charge in [-0.1, -0.05) is 38.1 Å². The third-order valence-electron chi connectivity index (χ3n) is 3.90. The minimum atomic E-state index is -0.0787. The summed E-state index contributed by atoms with van der Waals surface area (Å²) >= 11 is 0. The first-order chi connectivity index (χ1) is 10.6. The van der Waals surface area contributed by atoms with Crippen molar-refractivity contribution in [2.45, 2.75) is 26.2 Å². The standard InChI is InChI=1S/C19H24O3/c1-5-21-14-22-18-12-8-16(9-13-18)19(2,3)15-6-10-17(20-4)11-7-15/h6-13H,5,14H2,1-4H3. The van der Waals surface area contributed by atoms with E-state index in [1.807, 2.05) is 31.2 Å². The molecule has 0 atom stereocenters. The molecule has 2 aromatic carbocycles. The van der Waals surface area contributed by atoms with E-state index in [0.717, 1.165) is 11.5 Å². The highest BCUT2D eigenvalue weighted by Crippen LogP contribution is 2.33. The van der Waals surface area contributed by atoms with Gasteiger partial charge in [0.2, 0.25) is 0 Å². The SMILES string of the molecule is CCOCOc1ccc(C(C)(C)c2ccc(OC)cc2)cc1. The molecule has 0 saturated heterocycles. The number of hydrogen-bond acceptors (Lipinski definition) is 3. The van der Waals surface area contributed by atoms with Crippen molar-refractivity contribution < 1.29 is 14.2 Å². The Labute approximate surface area is 132 Å². The molecule has 22 heavy (non-hydrogen) atoms. The fraction of sp³-hybridized carbons (Fsp3) is 0.368. The Morgan fingerprint density at radius 3 is 1.77 bits per heavy atom. The first kappa shape index (κ1) is 16.4. The van der Waals surface area contributed by atoms with Gasteiger partial charge in [-0.15, -0.1) is 0 Å². The van der Waals surface area contributed by atoms with Gasteiger partial charge in [0.05, 0.1) is 7.11 Å². The van der Waals surface area contributed by atoms with Crippen LogP contribution in [0.15, 0.2) is 48.5 Å². The van der Waals surface area contributed by atoms with Gasteiger partial charge in [0.15, 0.2) is 6.79 Å². The molecule has 118 valence electrons. The lowest BCUT2D eigenvalue weighted by molar-refractivity contribution is 0.0224. The van der Waals surface area contributed by atoms with Crippen LogP contribution in [-0.4, -0.2) is 20.5 Å². The predicted octanol–water partition coefficient (Wildman–Crippen LogP) is 4.39. The maximum atomic E-state index is 5.51. The van der Waals surface area contributed by atoms with E-state index in [1.54, 1.807) is 7.11 Å². The number of rotatable bonds is 7. The van der Waals surface area contributed by atoms with Crippen molar-refractivity contribution in [3.8, 4) is 11.5 Å². The van der Waals surface area contributed by atoms with Gasteiger partial charge in [0.25, 0.3) is 0 Å². The molecule has 2 rings (SSSR count). The molecule has 0 fully saturated rings. The van der Waals surface area contributed by atoms with Crippen molar-refractivity contribution in [2.75, 3.05) is 20.5 Å². The Balaban J connectivity index is 2.14. The molecule has 0 aromatic heterocycles. The van der Waals surface area contributed by atoms with Crippen LogP contribution in [0.25, 0.3) is 0 Å². The van der Waals surface area contributed by atoms with Gasteiger partial charge in [-0.3, -0.25) is 0 Å². The number of methoxy groups -OCH3 is 1. The van der Waals surface area contributed by atoms with Crippen molar-refractivity contribution >= 4 is 0 Å². The molecular weight excluding hydrogens is 276 g/mol. The van der Waals surface area contributed by atoms with E-state index < -0.39 is 0 Å². The summed E-state index contributed by atoms with van der Waals surface area (Å²) in [5, 5.41) is 0. The summed E-state index contributed by atoms with van der Waals surface area (Å²) in [6.45, 7) is 7.32. The second-order valence-corrected chi connectivity index (χ2v) is 5.63. The first-order valence-electron chi connectivity index (χ1n) is 7.53. The van der Waals surface area contributed by atoms with Gasteiger partial charge in [-0.25, -0.2) is 0 Å². The second kappa shape index (κ2) is 7.32. The lowest BCUT2D eigenvalue weighted by Crippen LogP contribution is -2.18. The predicted molar refractivity (Wildman–Crippen MR) is 88.7 cm³/mol. The van der Waals surface area contributed by atoms with Crippen LogP contribution in [0.3, 0.4) is 0 Å². The van der Waals surface area contributed by atoms with Gasteiger partial charge < -0.3 is 14.2 Å². The number of ether oxygens (including phenoxy) is 3. The Morgan fingerprint density at radius 2 is 1.32 bits per heavy atom. The number of hydrogen-bond donors (Lipinski definition) is 0. The van der Waals surface area contributed by atoms with Gasteiger partial charge in [0, 0.05) is 12.0 Å². The van der Waals surface area contributed by atoms with E-state index in [0.29, 0.717) is 6.61 Å². The molecule has 0 radical (unpaired) electrons. The van der Waals surface area contributed by atoms with Crippen LogP contribution in [0.4, 0.5) is 0 Å². The summed E-state index contributed by atoms with van der Waals surface area (Å²) in [6, 6.07) is 16.4. The van der Waals surface area contributed by atoms with Crippen LogP contribution in [0, 0.1) is 0 Å². The third kappa shape index (κ3) is 3.80. The molecule has 2 aromatic rings. The van der Waals surface area contributed by atoms with Gasteiger partial charge in [0.1, 0.15) is 11.5 Å². The van der Waals surface area contributed by atoms with Gasteiger partial charge in [-0.2, -0.15) is 0 Å². The fourth-order valence-corrected chi connectivity index (χ4v) is 2.34. The lowest BCUT2D eigenvalue weighted by atomic mass is 9.78. The van der Waals surface area contributed by atoms with Crippen LogP contribution in [-0.2, 0) is 10.2 Å². The maximum absolute atomic E-state index is 5.51. The maximum Gasteiger partial charge on any atom is 0.189 e.